The third kappa shape index (κ3) is 3.56. The molecule has 0 fully saturated rings. The second-order valence-corrected chi connectivity index (χ2v) is 6.62. The lowest BCUT2D eigenvalue weighted by atomic mass is 10.2. The molecular weight excluding hydrogens is 310 g/mol. The van der Waals surface area contributed by atoms with E-state index in [1.54, 1.807) is 16.9 Å². The van der Waals surface area contributed by atoms with Crippen molar-refractivity contribution in [3.05, 3.63) is 36.0 Å². The van der Waals surface area contributed by atoms with E-state index in [9.17, 15) is 4.79 Å². The summed E-state index contributed by atoms with van der Waals surface area (Å²) in [5, 5.41) is 7.83. The Morgan fingerprint density at radius 1 is 1.39 bits per heavy atom. The van der Waals surface area contributed by atoms with Gasteiger partial charge in [-0.1, -0.05) is 17.8 Å². The van der Waals surface area contributed by atoms with Gasteiger partial charge in [-0.15, -0.1) is 0 Å². The lowest BCUT2D eigenvalue weighted by Crippen LogP contribution is -2.18. The summed E-state index contributed by atoms with van der Waals surface area (Å²) < 4.78 is 1.78. The quantitative estimate of drug-likeness (QED) is 0.704. The fraction of sp³-hybridized carbons (Fsp3) is 0.312. The predicted molar refractivity (Wildman–Crippen MR) is 92.8 cm³/mol. The van der Waals surface area contributed by atoms with Crippen molar-refractivity contribution in [1.82, 2.24) is 19.7 Å². The van der Waals surface area contributed by atoms with Gasteiger partial charge < -0.3 is 10.3 Å². The highest BCUT2D eigenvalue weighted by molar-refractivity contribution is 7.99. The van der Waals surface area contributed by atoms with E-state index in [2.05, 4.69) is 20.4 Å². The lowest BCUT2D eigenvalue weighted by molar-refractivity contribution is -0.113. The third-order valence-electron chi connectivity index (χ3n) is 3.38. The SMILES string of the molecule is Cc1ccc2nc(SCC(=O)Nc3ccnn3C(C)C)[nH]c2c1. The minimum atomic E-state index is -0.0750. The van der Waals surface area contributed by atoms with Crippen LogP contribution in [0.5, 0.6) is 0 Å². The molecule has 3 aromatic rings. The van der Waals surface area contributed by atoms with Gasteiger partial charge in [0.2, 0.25) is 5.91 Å². The summed E-state index contributed by atoms with van der Waals surface area (Å²) in [5.41, 5.74) is 3.08. The smallest absolute Gasteiger partial charge is 0.235 e. The molecular formula is C16H19N5OS. The number of thioether (sulfide) groups is 1. The van der Waals surface area contributed by atoms with E-state index in [1.165, 1.54) is 17.3 Å². The Balaban J connectivity index is 1.62. The molecule has 2 aromatic heterocycles. The molecule has 2 N–H and O–H groups in total. The second-order valence-electron chi connectivity index (χ2n) is 5.65. The molecule has 120 valence electrons. The largest absolute Gasteiger partial charge is 0.333 e. The zero-order valence-electron chi connectivity index (χ0n) is 13.3. The van der Waals surface area contributed by atoms with Gasteiger partial charge in [0, 0.05) is 12.1 Å². The van der Waals surface area contributed by atoms with Gasteiger partial charge in [0.15, 0.2) is 5.16 Å². The fourth-order valence-corrected chi connectivity index (χ4v) is 2.99. The number of benzene rings is 1. The lowest BCUT2D eigenvalue weighted by Gasteiger charge is -2.11. The molecule has 3 rings (SSSR count). The predicted octanol–water partition coefficient (Wildman–Crippen LogP) is 3.38. The number of hydrogen-bond donors (Lipinski definition) is 2. The number of carbonyl (C=O) groups excluding carboxylic acids is 1. The topological polar surface area (TPSA) is 75.6 Å². The van der Waals surface area contributed by atoms with Crippen LogP contribution < -0.4 is 5.32 Å². The Morgan fingerprint density at radius 3 is 3.00 bits per heavy atom. The molecule has 0 saturated carbocycles. The summed E-state index contributed by atoms with van der Waals surface area (Å²) in [7, 11) is 0. The van der Waals surface area contributed by atoms with Crippen molar-refractivity contribution in [2.45, 2.75) is 32.0 Å². The molecule has 0 radical (unpaired) electrons. The van der Waals surface area contributed by atoms with Crippen LogP contribution in [0.25, 0.3) is 11.0 Å². The van der Waals surface area contributed by atoms with Crippen LogP contribution in [0.15, 0.2) is 35.6 Å². The Labute approximate surface area is 138 Å². The Morgan fingerprint density at radius 2 is 2.22 bits per heavy atom. The molecule has 0 atom stereocenters. The van der Waals surface area contributed by atoms with Crippen LogP contribution in [0.3, 0.4) is 0 Å². The molecule has 0 aliphatic carbocycles. The first kappa shape index (κ1) is 15.6. The number of carbonyl (C=O) groups is 1. The molecule has 1 amide bonds. The van der Waals surface area contributed by atoms with E-state index in [0.717, 1.165) is 16.2 Å². The summed E-state index contributed by atoms with van der Waals surface area (Å²) in [6.07, 6.45) is 1.68. The van der Waals surface area contributed by atoms with Gasteiger partial charge in [-0.05, 0) is 38.5 Å². The van der Waals surface area contributed by atoms with Gasteiger partial charge in [0.25, 0.3) is 0 Å². The highest BCUT2D eigenvalue weighted by atomic mass is 32.2. The van der Waals surface area contributed by atoms with Crippen LogP contribution >= 0.6 is 11.8 Å². The van der Waals surface area contributed by atoms with Gasteiger partial charge in [-0.25, -0.2) is 9.67 Å². The van der Waals surface area contributed by atoms with Gasteiger partial charge >= 0.3 is 0 Å². The van der Waals surface area contributed by atoms with Crippen molar-refractivity contribution in [1.29, 1.82) is 0 Å². The summed E-state index contributed by atoms with van der Waals surface area (Å²) >= 11 is 1.39. The van der Waals surface area contributed by atoms with E-state index in [4.69, 9.17) is 0 Å². The molecule has 23 heavy (non-hydrogen) atoms. The number of aromatic nitrogens is 4. The number of nitrogens with zero attached hydrogens (tertiary/aromatic N) is 3. The van der Waals surface area contributed by atoms with Crippen molar-refractivity contribution in [2.75, 3.05) is 11.1 Å². The number of hydrogen-bond acceptors (Lipinski definition) is 4. The number of amides is 1. The number of anilines is 1. The normalized spacial score (nSPS) is 11.3. The summed E-state index contributed by atoms with van der Waals surface area (Å²) in [5.74, 6) is 0.932. The van der Waals surface area contributed by atoms with Crippen LogP contribution in [-0.2, 0) is 4.79 Å². The summed E-state index contributed by atoms with van der Waals surface area (Å²) in [6, 6.07) is 8.05. The molecule has 0 saturated heterocycles. The Bertz CT molecular complexity index is 836. The Hall–Kier alpha value is -2.28. The zero-order valence-corrected chi connectivity index (χ0v) is 14.1. The van der Waals surface area contributed by atoms with E-state index >= 15 is 0 Å². The number of nitrogens with one attached hydrogen (secondary N) is 2. The van der Waals surface area contributed by atoms with Gasteiger partial charge in [0.05, 0.1) is 23.0 Å². The van der Waals surface area contributed by atoms with Crippen molar-refractivity contribution in [3.8, 4) is 0 Å². The molecule has 0 aliphatic rings. The second kappa shape index (κ2) is 6.45. The van der Waals surface area contributed by atoms with Gasteiger partial charge in [-0.2, -0.15) is 5.10 Å². The number of imidazole rings is 1. The highest BCUT2D eigenvalue weighted by Crippen LogP contribution is 2.21. The standard InChI is InChI=1S/C16H19N5OS/c1-10(2)21-14(6-7-17-21)20-15(22)9-23-16-18-12-5-4-11(3)8-13(12)19-16/h4-8,10H,9H2,1-3H3,(H,18,19)(H,20,22). The van der Waals surface area contributed by atoms with E-state index in [0.29, 0.717) is 11.6 Å². The number of aromatic amines is 1. The first-order valence-corrected chi connectivity index (χ1v) is 8.44. The van der Waals surface area contributed by atoms with E-state index < -0.39 is 0 Å². The molecule has 0 bridgehead atoms. The van der Waals surface area contributed by atoms with Crippen molar-refractivity contribution < 1.29 is 4.79 Å². The van der Waals surface area contributed by atoms with Crippen molar-refractivity contribution >= 4 is 34.5 Å². The average molecular weight is 329 g/mol. The first-order chi connectivity index (χ1) is 11.0. The molecule has 0 aliphatic heterocycles. The van der Waals surface area contributed by atoms with Crippen LogP contribution in [0.4, 0.5) is 5.82 Å². The molecule has 2 heterocycles. The molecule has 1 aromatic carbocycles. The number of aryl methyl sites for hydroxylation is 1. The van der Waals surface area contributed by atoms with Crippen LogP contribution in [0, 0.1) is 6.92 Å². The number of fused-ring (bicyclic) bond motifs is 1. The maximum absolute atomic E-state index is 12.1. The zero-order chi connectivity index (χ0) is 16.4. The number of H-pyrrole nitrogens is 1. The number of rotatable bonds is 5. The molecule has 6 nitrogen and oxygen atoms in total. The average Bonchev–Trinajstić information content (AvgIpc) is 3.10. The van der Waals surface area contributed by atoms with Crippen LogP contribution in [0.1, 0.15) is 25.5 Å². The van der Waals surface area contributed by atoms with Crippen LogP contribution in [-0.4, -0.2) is 31.4 Å². The summed E-state index contributed by atoms with van der Waals surface area (Å²) in [4.78, 5) is 19.8. The van der Waals surface area contributed by atoms with E-state index in [1.807, 2.05) is 39.0 Å². The molecule has 0 spiro atoms. The Kier molecular flexibility index (Phi) is 4.38. The first-order valence-electron chi connectivity index (χ1n) is 7.45. The minimum absolute atomic E-state index is 0.0750. The summed E-state index contributed by atoms with van der Waals surface area (Å²) in [6.45, 7) is 6.08. The van der Waals surface area contributed by atoms with Crippen molar-refractivity contribution in [3.63, 3.8) is 0 Å². The van der Waals surface area contributed by atoms with E-state index in [-0.39, 0.29) is 11.9 Å². The third-order valence-corrected chi connectivity index (χ3v) is 4.26. The maximum atomic E-state index is 12.1. The van der Waals surface area contributed by atoms with Crippen molar-refractivity contribution in [2.24, 2.45) is 0 Å². The molecule has 0 unspecified atom stereocenters. The minimum Gasteiger partial charge on any atom is -0.333 e. The van der Waals surface area contributed by atoms with Gasteiger partial charge in [-0.3, -0.25) is 4.79 Å². The van der Waals surface area contributed by atoms with Gasteiger partial charge in [0.1, 0.15) is 5.82 Å². The highest BCUT2D eigenvalue weighted by Gasteiger charge is 2.11. The van der Waals surface area contributed by atoms with Crippen LogP contribution in [0.2, 0.25) is 0 Å². The molecule has 7 heteroatoms. The monoisotopic (exact) mass is 329 g/mol. The maximum Gasteiger partial charge on any atom is 0.235 e. The fourth-order valence-electron chi connectivity index (χ4n) is 2.31.